The predicted octanol–water partition coefficient (Wildman–Crippen LogP) is 3.48. The molecule has 3 amide bonds. The largest absolute Gasteiger partial charge is 0.347 e. The second-order valence-corrected chi connectivity index (χ2v) is 11.3. The molecule has 6 nitrogen and oxygen atoms in total. The Labute approximate surface area is 204 Å². The number of halogens is 1. The van der Waals surface area contributed by atoms with E-state index in [4.69, 9.17) is 0 Å². The van der Waals surface area contributed by atoms with Gasteiger partial charge in [-0.15, -0.1) is 11.3 Å². The highest BCUT2D eigenvalue weighted by atomic mass is 32.1. The number of thiophene rings is 1. The standard InChI is InChI=1S/C26H32FN3O3S/c1-14(2)10-20-24(31)28-21(18-12-16-8-6-7-9-17(16)13-18)25(32)30(20)22(26(33)29(4)5)23-19(27)11-15(3)34-23/h6-9,11,14,18,20-22H,10,12-13H2,1-5H3,(H,28,31)/t20-,21-,22+/m1/s1. The maximum Gasteiger partial charge on any atom is 0.250 e. The van der Waals surface area contributed by atoms with Gasteiger partial charge in [-0.1, -0.05) is 38.1 Å². The first-order chi connectivity index (χ1) is 16.1. The molecule has 1 aliphatic heterocycles. The van der Waals surface area contributed by atoms with E-state index in [9.17, 15) is 14.4 Å². The molecule has 34 heavy (non-hydrogen) atoms. The van der Waals surface area contributed by atoms with Gasteiger partial charge in [0.25, 0.3) is 0 Å². The van der Waals surface area contributed by atoms with Crippen LogP contribution in [-0.4, -0.2) is 53.7 Å². The molecule has 0 bridgehead atoms. The van der Waals surface area contributed by atoms with E-state index in [1.54, 1.807) is 21.0 Å². The number of nitrogens with one attached hydrogen (secondary N) is 1. The molecule has 0 unspecified atom stereocenters. The number of carbonyl (C=O) groups excluding carboxylic acids is 3. The van der Waals surface area contributed by atoms with Crippen molar-refractivity contribution < 1.29 is 18.8 Å². The van der Waals surface area contributed by atoms with E-state index >= 15 is 4.39 Å². The fourth-order valence-electron chi connectivity index (χ4n) is 5.16. The van der Waals surface area contributed by atoms with E-state index in [2.05, 4.69) is 5.32 Å². The molecule has 1 aromatic heterocycles. The summed E-state index contributed by atoms with van der Waals surface area (Å²) in [7, 11) is 3.18. The molecule has 0 spiro atoms. The Hall–Kier alpha value is -2.74. The summed E-state index contributed by atoms with van der Waals surface area (Å²) in [4.78, 5) is 44.6. The smallest absolute Gasteiger partial charge is 0.250 e. The maximum absolute atomic E-state index is 15.0. The Morgan fingerprint density at radius 2 is 1.82 bits per heavy atom. The summed E-state index contributed by atoms with van der Waals surface area (Å²) in [5.41, 5.74) is 2.34. The number of likely N-dealkylation sites (N-methyl/N-ethyl adjacent to an activating group) is 1. The Morgan fingerprint density at radius 3 is 2.32 bits per heavy atom. The van der Waals surface area contributed by atoms with Crippen molar-refractivity contribution in [3.63, 3.8) is 0 Å². The Bertz CT molecular complexity index is 1090. The van der Waals surface area contributed by atoms with Crippen LogP contribution < -0.4 is 5.32 Å². The van der Waals surface area contributed by atoms with Crippen LogP contribution in [0.5, 0.6) is 0 Å². The van der Waals surface area contributed by atoms with E-state index in [0.717, 1.165) is 11.3 Å². The van der Waals surface area contributed by atoms with Crippen molar-refractivity contribution >= 4 is 29.1 Å². The highest BCUT2D eigenvalue weighted by Crippen LogP contribution is 2.38. The molecule has 1 fully saturated rings. The van der Waals surface area contributed by atoms with Crippen LogP contribution in [0, 0.1) is 24.6 Å². The van der Waals surface area contributed by atoms with Crippen LogP contribution in [0.1, 0.15) is 47.2 Å². The molecule has 3 atom stereocenters. The van der Waals surface area contributed by atoms with E-state index in [0.29, 0.717) is 24.1 Å². The minimum Gasteiger partial charge on any atom is -0.347 e. The van der Waals surface area contributed by atoms with Crippen molar-refractivity contribution in [2.24, 2.45) is 11.8 Å². The first kappa shape index (κ1) is 24.4. The van der Waals surface area contributed by atoms with Crippen molar-refractivity contribution in [2.45, 2.75) is 58.2 Å². The molecule has 2 aromatic rings. The van der Waals surface area contributed by atoms with Crippen LogP contribution >= 0.6 is 11.3 Å². The van der Waals surface area contributed by atoms with Gasteiger partial charge in [-0.3, -0.25) is 14.4 Å². The van der Waals surface area contributed by atoms with Gasteiger partial charge in [0.2, 0.25) is 17.7 Å². The van der Waals surface area contributed by atoms with Crippen LogP contribution in [0.25, 0.3) is 0 Å². The van der Waals surface area contributed by atoms with E-state index < -0.39 is 29.8 Å². The number of piperazine rings is 1. The molecule has 8 heteroatoms. The molecular formula is C26H32FN3O3S. The molecule has 0 radical (unpaired) electrons. The highest BCUT2D eigenvalue weighted by Gasteiger charge is 2.50. The third-order valence-electron chi connectivity index (χ3n) is 6.74. The summed E-state index contributed by atoms with van der Waals surface area (Å²) in [5, 5.41) is 2.98. The number of carbonyl (C=O) groups is 3. The first-order valence-electron chi connectivity index (χ1n) is 11.7. The fraction of sp³-hybridized carbons (Fsp3) is 0.500. The molecule has 0 saturated carbocycles. The zero-order chi connectivity index (χ0) is 24.7. The van der Waals surface area contributed by atoms with Crippen LogP contribution in [0.3, 0.4) is 0 Å². The quantitative estimate of drug-likeness (QED) is 0.681. The molecule has 2 heterocycles. The van der Waals surface area contributed by atoms with Gasteiger partial charge in [0, 0.05) is 19.0 Å². The topological polar surface area (TPSA) is 69.7 Å². The number of hydrogen-bond donors (Lipinski definition) is 1. The van der Waals surface area contributed by atoms with E-state index in [-0.39, 0.29) is 28.5 Å². The number of benzene rings is 1. The SMILES string of the molecule is Cc1cc(F)c([C@@H](C(=O)N(C)C)N2C(=O)[C@@H](C3Cc4ccccc4C3)NC(=O)[C@H]2CC(C)C)s1. The van der Waals surface area contributed by atoms with Crippen molar-refractivity contribution in [3.8, 4) is 0 Å². The monoisotopic (exact) mass is 485 g/mol. The average molecular weight is 486 g/mol. The lowest BCUT2D eigenvalue weighted by Gasteiger charge is -2.45. The molecule has 1 aromatic carbocycles. The molecule has 4 rings (SSSR count). The van der Waals surface area contributed by atoms with E-state index in [1.165, 1.54) is 27.0 Å². The maximum atomic E-state index is 15.0. The van der Waals surface area contributed by atoms with Gasteiger partial charge >= 0.3 is 0 Å². The third-order valence-corrected chi connectivity index (χ3v) is 7.82. The minimum atomic E-state index is -1.18. The summed E-state index contributed by atoms with van der Waals surface area (Å²) in [6.07, 6.45) is 1.74. The average Bonchev–Trinajstić information content (AvgIpc) is 3.34. The number of hydrogen-bond acceptors (Lipinski definition) is 4. The van der Waals surface area contributed by atoms with Crippen LogP contribution in [0.4, 0.5) is 4.39 Å². The third kappa shape index (κ3) is 4.48. The van der Waals surface area contributed by atoms with Crippen molar-refractivity contribution in [1.29, 1.82) is 0 Å². The Kier molecular flexibility index (Phi) is 6.80. The van der Waals surface area contributed by atoms with E-state index in [1.807, 2.05) is 38.1 Å². The summed E-state index contributed by atoms with van der Waals surface area (Å²) < 4.78 is 15.0. The van der Waals surface area contributed by atoms with Gasteiger partial charge in [0.1, 0.15) is 23.9 Å². The van der Waals surface area contributed by atoms with Crippen LogP contribution in [0.15, 0.2) is 30.3 Å². The van der Waals surface area contributed by atoms with Gasteiger partial charge in [0.05, 0.1) is 4.88 Å². The van der Waals surface area contributed by atoms with Gasteiger partial charge < -0.3 is 15.1 Å². The number of aryl methyl sites for hydroxylation is 1. The van der Waals surface area contributed by atoms with Crippen molar-refractivity contribution in [2.75, 3.05) is 14.1 Å². The van der Waals surface area contributed by atoms with Gasteiger partial charge in [-0.05, 0) is 55.2 Å². The van der Waals surface area contributed by atoms with Gasteiger partial charge in [0.15, 0.2) is 0 Å². The summed E-state index contributed by atoms with van der Waals surface area (Å²) in [6.45, 7) is 5.70. The van der Waals surface area contributed by atoms with Gasteiger partial charge in [-0.25, -0.2) is 4.39 Å². The predicted molar refractivity (Wildman–Crippen MR) is 130 cm³/mol. The minimum absolute atomic E-state index is 0.100. The Morgan fingerprint density at radius 1 is 1.21 bits per heavy atom. The second kappa shape index (κ2) is 9.49. The summed E-state index contributed by atoms with van der Waals surface area (Å²) >= 11 is 1.16. The molecule has 1 aliphatic carbocycles. The lowest BCUT2D eigenvalue weighted by Crippen LogP contribution is -2.67. The number of fused-ring (bicyclic) bond motifs is 1. The summed E-state index contributed by atoms with van der Waals surface area (Å²) in [6, 6.07) is 6.64. The first-order valence-corrected chi connectivity index (χ1v) is 12.6. The lowest BCUT2D eigenvalue weighted by atomic mass is 9.88. The number of amides is 3. The molecule has 2 aliphatic rings. The summed E-state index contributed by atoms with van der Waals surface area (Å²) in [5.74, 6) is -1.53. The molecule has 182 valence electrons. The van der Waals surface area contributed by atoms with Crippen LogP contribution in [-0.2, 0) is 27.2 Å². The zero-order valence-corrected chi connectivity index (χ0v) is 21.1. The fourth-order valence-corrected chi connectivity index (χ4v) is 6.16. The number of rotatable bonds is 6. The zero-order valence-electron chi connectivity index (χ0n) is 20.3. The second-order valence-electron chi connectivity index (χ2n) is 10.0. The van der Waals surface area contributed by atoms with Crippen LogP contribution in [0.2, 0.25) is 0 Å². The van der Waals surface area contributed by atoms with Crippen molar-refractivity contribution in [1.82, 2.24) is 15.1 Å². The number of nitrogens with zero attached hydrogens (tertiary/aromatic N) is 2. The molecule has 1 saturated heterocycles. The Balaban J connectivity index is 1.77. The van der Waals surface area contributed by atoms with Gasteiger partial charge in [-0.2, -0.15) is 0 Å². The highest BCUT2D eigenvalue weighted by molar-refractivity contribution is 7.12. The molecular weight excluding hydrogens is 453 g/mol. The molecule has 1 N–H and O–H groups in total. The lowest BCUT2D eigenvalue weighted by molar-refractivity contribution is -0.159. The normalized spacial score (nSPS) is 21.6. The van der Waals surface area contributed by atoms with Crippen molar-refractivity contribution in [3.05, 3.63) is 57.0 Å².